The van der Waals surface area contributed by atoms with Crippen LogP contribution in [0, 0.1) is 18.7 Å². The topological polar surface area (TPSA) is 41.8 Å². The van der Waals surface area contributed by atoms with Crippen LogP contribution in [0.5, 0.6) is 0 Å². The van der Waals surface area contributed by atoms with Crippen molar-refractivity contribution in [1.29, 1.82) is 0 Å². The number of rotatable bonds is 3. The lowest BCUT2D eigenvalue weighted by Gasteiger charge is -2.22. The van der Waals surface area contributed by atoms with Gasteiger partial charge in [0.15, 0.2) is 0 Å². The molecule has 1 heterocycles. The Labute approximate surface area is 113 Å². The van der Waals surface area contributed by atoms with Crippen LogP contribution in [0.25, 0.3) is 10.9 Å². The summed E-state index contributed by atoms with van der Waals surface area (Å²) in [6.07, 6.45) is 5.18. The summed E-state index contributed by atoms with van der Waals surface area (Å²) in [6, 6.07) is 5.01. The van der Waals surface area contributed by atoms with E-state index in [1.54, 1.807) is 12.1 Å². The fourth-order valence-corrected chi connectivity index (χ4v) is 3.71. The van der Waals surface area contributed by atoms with E-state index in [2.05, 4.69) is 11.9 Å². The monoisotopic (exact) mass is 260 g/mol. The maximum absolute atomic E-state index is 13.3. The third kappa shape index (κ3) is 2.16. The summed E-state index contributed by atoms with van der Waals surface area (Å²) in [5.74, 6) is 0.903. The summed E-state index contributed by atoms with van der Waals surface area (Å²) in [7, 11) is 0. The molecule has 0 saturated heterocycles. The minimum Gasteiger partial charge on any atom is -0.358 e. The molecule has 1 unspecified atom stereocenters. The maximum atomic E-state index is 13.3. The first kappa shape index (κ1) is 12.7. The number of aromatic amines is 1. The van der Waals surface area contributed by atoms with Gasteiger partial charge in [0.25, 0.3) is 0 Å². The van der Waals surface area contributed by atoms with Crippen LogP contribution in [0.4, 0.5) is 4.39 Å². The Morgan fingerprint density at radius 2 is 2.11 bits per heavy atom. The van der Waals surface area contributed by atoms with E-state index in [1.807, 2.05) is 6.07 Å². The van der Waals surface area contributed by atoms with Crippen molar-refractivity contribution in [3.63, 3.8) is 0 Å². The number of hydrogen-bond acceptors (Lipinski definition) is 1. The van der Waals surface area contributed by atoms with Crippen molar-refractivity contribution < 1.29 is 4.39 Å². The van der Waals surface area contributed by atoms with Gasteiger partial charge in [-0.25, -0.2) is 4.39 Å². The molecule has 1 fully saturated rings. The highest BCUT2D eigenvalue weighted by Gasteiger charge is 2.28. The van der Waals surface area contributed by atoms with Gasteiger partial charge in [-0.2, -0.15) is 0 Å². The first-order valence-electron chi connectivity index (χ1n) is 7.18. The molecule has 3 heteroatoms. The number of fused-ring (bicyclic) bond motifs is 1. The molecule has 0 radical (unpaired) electrons. The van der Waals surface area contributed by atoms with Crippen molar-refractivity contribution in [2.75, 3.05) is 6.54 Å². The van der Waals surface area contributed by atoms with E-state index >= 15 is 0 Å². The Hall–Kier alpha value is -1.35. The summed E-state index contributed by atoms with van der Waals surface area (Å²) in [5, 5.41) is 1.14. The molecule has 1 saturated carbocycles. The molecule has 19 heavy (non-hydrogen) atoms. The van der Waals surface area contributed by atoms with Crippen LogP contribution < -0.4 is 5.73 Å². The van der Waals surface area contributed by atoms with E-state index in [9.17, 15) is 4.39 Å². The number of benzene rings is 1. The Morgan fingerprint density at radius 3 is 2.79 bits per heavy atom. The van der Waals surface area contributed by atoms with E-state index in [0.717, 1.165) is 16.6 Å². The molecule has 0 spiro atoms. The molecule has 1 atom stereocenters. The van der Waals surface area contributed by atoms with Gasteiger partial charge in [0.05, 0.1) is 0 Å². The molecule has 1 aliphatic carbocycles. The smallest absolute Gasteiger partial charge is 0.125 e. The van der Waals surface area contributed by atoms with Crippen molar-refractivity contribution >= 4 is 10.9 Å². The fourth-order valence-electron chi connectivity index (χ4n) is 3.71. The van der Waals surface area contributed by atoms with Crippen molar-refractivity contribution in [3.05, 3.63) is 35.3 Å². The number of H-pyrrole nitrogens is 1. The molecule has 1 aromatic carbocycles. The Morgan fingerprint density at radius 1 is 1.37 bits per heavy atom. The normalized spacial score (nSPS) is 18.3. The number of aromatic nitrogens is 1. The standard InChI is InChI=1S/C16H21FN2/c1-10-16(14(9-18)11-4-2-3-5-11)13-7-6-12(17)8-15(13)19-10/h6-8,11,14,19H,2-5,9,18H2,1H3. The van der Waals surface area contributed by atoms with Gasteiger partial charge in [-0.05, 0) is 56.0 Å². The zero-order valence-electron chi connectivity index (χ0n) is 11.4. The Balaban J connectivity index is 2.09. The Bertz CT molecular complexity index is 582. The molecule has 1 aliphatic rings. The molecule has 3 N–H and O–H groups in total. The van der Waals surface area contributed by atoms with E-state index < -0.39 is 0 Å². The lowest BCUT2D eigenvalue weighted by atomic mass is 9.83. The predicted molar refractivity (Wildman–Crippen MR) is 76.7 cm³/mol. The van der Waals surface area contributed by atoms with E-state index in [4.69, 9.17) is 5.73 Å². The van der Waals surface area contributed by atoms with Gasteiger partial charge in [0, 0.05) is 22.5 Å². The summed E-state index contributed by atoms with van der Waals surface area (Å²) < 4.78 is 13.3. The lowest BCUT2D eigenvalue weighted by molar-refractivity contribution is 0.441. The van der Waals surface area contributed by atoms with E-state index in [0.29, 0.717) is 18.4 Å². The second kappa shape index (κ2) is 4.97. The average molecular weight is 260 g/mol. The third-order valence-corrected chi connectivity index (χ3v) is 4.59. The van der Waals surface area contributed by atoms with Gasteiger partial charge in [-0.15, -0.1) is 0 Å². The van der Waals surface area contributed by atoms with E-state index in [-0.39, 0.29) is 5.82 Å². The number of hydrogen-bond donors (Lipinski definition) is 2. The van der Waals surface area contributed by atoms with Gasteiger partial charge in [0.1, 0.15) is 5.82 Å². The quantitative estimate of drug-likeness (QED) is 0.864. The van der Waals surface area contributed by atoms with Crippen molar-refractivity contribution in [2.24, 2.45) is 11.7 Å². The van der Waals surface area contributed by atoms with Crippen molar-refractivity contribution in [1.82, 2.24) is 4.98 Å². The largest absolute Gasteiger partial charge is 0.358 e. The van der Waals surface area contributed by atoms with Gasteiger partial charge in [-0.3, -0.25) is 0 Å². The fraction of sp³-hybridized carbons (Fsp3) is 0.500. The van der Waals surface area contributed by atoms with Crippen molar-refractivity contribution in [2.45, 2.75) is 38.5 Å². The average Bonchev–Trinajstić information content (AvgIpc) is 2.99. The van der Waals surface area contributed by atoms with E-state index in [1.165, 1.54) is 31.2 Å². The van der Waals surface area contributed by atoms with Crippen LogP contribution >= 0.6 is 0 Å². The molecule has 102 valence electrons. The highest BCUT2D eigenvalue weighted by molar-refractivity contribution is 5.85. The minimum atomic E-state index is -0.189. The lowest BCUT2D eigenvalue weighted by Crippen LogP contribution is -2.20. The van der Waals surface area contributed by atoms with Crippen LogP contribution in [0.15, 0.2) is 18.2 Å². The molecule has 1 aromatic heterocycles. The molecular weight excluding hydrogens is 239 g/mol. The van der Waals surface area contributed by atoms with Gasteiger partial charge >= 0.3 is 0 Å². The second-order valence-electron chi connectivity index (χ2n) is 5.74. The Kier molecular flexibility index (Phi) is 3.31. The minimum absolute atomic E-state index is 0.189. The summed E-state index contributed by atoms with van der Waals surface area (Å²) >= 11 is 0. The van der Waals surface area contributed by atoms with Crippen LogP contribution in [0.1, 0.15) is 42.9 Å². The first-order chi connectivity index (χ1) is 9.20. The second-order valence-corrected chi connectivity index (χ2v) is 5.74. The van der Waals surface area contributed by atoms with Gasteiger partial charge in [0.2, 0.25) is 0 Å². The molecule has 0 aliphatic heterocycles. The van der Waals surface area contributed by atoms with Crippen LogP contribution in [0.3, 0.4) is 0 Å². The van der Waals surface area contributed by atoms with Gasteiger partial charge < -0.3 is 10.7 Å². The summed E-state index contributed by atoms with van der Waals surface area (Å²) in [4.78, 5) is 3.31. The number of aryl methyl sites for hydroxylation is 1. The van der Waals surface area contributed by atoms with Crippen molar-refractivity contribution in [3.8, 4) is 0 Å². The molecule has 2 aromatic rings. The number of nitrogens with one attached hydrogen (secondary N) is 1. The van der Waals surface area contributed by atoms with Crippen LogP contribution in [-0.4, -0.2) is 11.5 Å². The highest BCUT2D eigenvalue weighted by atomic mass is 19.1. The number of halogens is 1. The third-order valence-electron chi connectivity index (χ3n) is 4.59. The van der Waals surface area contributed by atoms with Crippen LogP contribution in [0.2, 0.25) is 0 Å². The van der Waals surface area contributed by atoms with Gasteiger partial charge in [-0.1, -0.05) is 12.8 Å². The molecule has 0 bridgehead atoms. The molecular formula is C16H21FN2. The van der Waals surface area contributed by atoms with Crippen LogP contribution in [-0.2, 0) is 0 Å². The predicted octanol–water partition coefficient (Wildman–Crippen LogP) is 3.85. The number of nitrogens with two attached hydrogens (primary N) is 1. The highest BCUT2D eigenvalue weighted by Crippen LogP contribution is 2.40. The first-order valence-corrected chi connectivity index (χ1v) is 7.18. The molecule has 2 nitrogen and oxygen atoms in total. The molecule has 3 rings (SSSR count). The SMILES string of the molecule is Cc1[nH]c2cc(F)ccc2c1C(CN)C1CCCC1. The molecule has 0 amide bonds. The summed E-state index contributed by atoms with van der Waals surface area (Å²) in [5.41, 5.74) is 9.39. The zero-order valence-corrected chi connectivity index (χ0v) is 11.4. The zero-order chi connectivity index (χ0) is 13.4. The maximum Gasteiger partial charge on any atom is 0.125 e. The summed E-state index contributed by atoms with van der Waals surface area (Å²) in [6.45, 7) is 2.75.